The zero-order valence-corrected chi connectivity index (χ0v) is 10.6. The first-order valence-corrected chi connectivity index (χ1v) is 6.27. The van der Waals surface area contributed by atoms with E-state index in [1.165, 1.54) is 0 Å². The highest BCUT2D eigenvalue weighted by molar-refractivity contribution is 5.93. The number of amides is 1. The molecule has 5 nitrogen and oxygen atoms in total. The third-order valence-electron chi connectivity index (χ3n) is 3.05. The lowest BCUT2D eigenvalue weighted by Crippen LogP contribution is -2.46. The Morgan fingerprint density at radius 1 is 1.67 bits per heavy atom. The summed E-state index contributed by atoms with van der Waals surface area (Å²) in [6.45, 7) is 2.83. The van der Waals surface area contributed by atoms with E-state index in [2.05, 4.69) is 10.3 Å². The minimum absolute atomic E-state index is 0.0425. The number of rotatable bonds is 4. The Morgan fingerprint density at radius 2 is 2.56 bits per heavy atom. The fourth-order valence-corrected chi connectivity index (χ4v) is 2.06. The molecule has 1 saturated heterocycles. The number of hydrogen-bond acceptors (Lipinski definition) is 4. The summed E-state index contributed by atoms with van der Waals surface area (Å²) in [5.41, 5.74) is 0.645. The highest BCUT2D eigenvalue weighted by atomic mass is 16.5. The van der Waals surface area contributed by atoms with E-state index in [0.717, 1.165) is 13.0 Å². The summed E-state index contributed by atoms with van der Waals surface area (Å²) in [4.78, 5) is 18.1. The molecule has 2 heterocycles. The van der Waals surface area contributed by atoms with Gasteiger partial charge < -0.3 is 15.0 Å². The quantitative estimate of drug-likeness (QED) is 0.846. The van der Waals surface area contributed by atoms with E-state index in [1.54, 1.807) is 24.5 Å². The van der Waals surface area contributed by atoms with Gasteiger partial charge in [-0.3, -0.25) is 9.78 Å². The molecule has 5 heteroatoms. The lowest BCUT2D eigenvalue weighted by atomic mass is 10.1. The third kappa shape index (κ3) is 3.27. The van der Waals surface area contributed by atoms with Crippen molar-refractivity contribution in [2.45, 2.75) is 12.5 Å². The molecule has 1 aromatic rings. The number of carbonyl (C=O) groups excluding carboxylic acids is 1. The van der Waals surface area contributed by atoms with Crippen LogP contribution in [0.3, 0.4) is 0 Å². The number of morpholine rings is 1. The molecule has 0 radical (unpaired) electrons. The van der Waals surface area contributed by atoms with Crippen LogP contribution >= 0.6 is 0 Å². The van der Waals surface area contributed by atoms with Gasteiger partial charge >= 0.3 is 0 Å². The predicted octanol–water partition coefficient (Wildman–Crippen LogP) is 0.532. The molecule has 0 spiro atoms. The Bertz CT molecular complexity index is 383. The van der Waals surface area contributed by atoms with Gasteiger partial charge in [0.15, 0.2) is 0 Å². The van der Waals surface area contributed by atoms with E-state index in [4.69, 9.17) is 4.74 Å². The van der Waals surface area contributed by atoms with Crippen molar-refractivity contribution < 1.29 is 9.53 Å². The topological polar surface area (TPSA) is 54.5 Å². The van der Waals surface area contributed by atoms with Crippen LogP contribution in [0.25, 0.3) is 0 Å². The SMILES string of the molecule is CNCCC1CN(C(=O)c2cccnc2)CCO1. The normalized spacial score (nSPS) is 19.8. The maximum absolute atomic E-state index is 12.2. The number of nitrogens with zero attached hydrogens (tertiary/aromatic N) is 2. The summed E-state index contributed by atoms with van der Waals surface area (Å²) in [5.74, 6) is 0.0425. The lowest BCUT2D eigenvalue weighted by molar-refractivity contribution is -0.0243. The smallest absolute Gasteiger partial charge is 0.255 e. The van der Waals surface area contributed by atoms with Crippen molar-refractivity contribution in [3.8, 4) is 0 Å². The largest absolute Gasteiger partial charge is 0.374 e. The standard InChI is InChI=1S/C13H19N3O2/c1-14-6-4-12-10-16(7-8-18-12)13(17)11-3-2-5-15-9-11/h2-3,5,9,12,14H,4,6-8,10H2,1H3. The number of pyridine rings is 1. The number of aromatic nitrogens is 1. The first kappa shape index (κ1) is 13.0. The fourth-order valence-electron chi connectivity index (χ4n) is 2.06. The van der Waals surface area contributed by atoms with E-state index in [9.17, 15) is 4.79 Å². The molecular formula is C13H19N3O2. The van der Waals surface area contributed by atoms with Crippen LogP contribution in [0.15, 0.2) is 24.5 Å². The van der Waals surface area contributed by atoms with Crippen LogP contribution in [0.4, 0.5) is 0 Å². The zero-order valence-electron chi connectivity index (χ0n) is 10.6. The number of ether oxygens (including phenoxy) is 1. The molecule has 98 valence electrons. The second-order valence-electron chi connectivity index (χ2n) is 4.38. The lowest BCUT2D eigenvalue weighted by Gasteiger charge is -2.33. The molecule has 18 heavy (non-hydrogen) atoms. The summed E-state index contributed by atoms with van der Waals surface area (Å²) >= 11 is 0. The van der Waals surface area contributed by atoms with Gasteiger partial charge in [0, 0.05) is 25.5 Å². The monoisotopic (exact) mass is 249 g/mol. The van der Waals surface area contributed by atoms with E-state index in [0.29, 0.717) is 25.3 Å². The maximum Gasteiger partial charge on any atom is 0.255 e. The van der Waals surface area contributed by atoms with Crippen molar-refractivity contribution in [3.05, 3.63) is 30.1 Å². The molecule has 1 amide bonds. The first-order valence-electron chi connectivity index (χ1n) is 6.27. The van der Waals surface area contributed by atoms with E-state index >= 15 is 0 Å². The zero-order chi connectivity index (χ0) is 12.8. The van der Waals surface area contributed by atoms with Crippen LogP contribution in [0, 0.1) is 0 Å². The highest BCUT2D eigenvalue weighted by Gasteiger charge is 2.24. The Labute approximate surface area is 107 Å². The summed E-state index contributed by atoms with van der Waals surface area (Å²) in [6, 6.07) is 3.58. The summed E-state index contributed by atoms with van der Waals surface area (Å²) < 4.78 is 5.65. The van der Waals surface area contributed by atoms with Crippen molar-refractivity contribution in [3.63, 3.8) is 0 Å². The van der Waals surface area contributed by atoms with Crippen LogP contribution in [-0.2, 0) is 4.74 Å². The third-order valence-corrected chi connectivity index (χ3v) is 3.05. The van der Waals surface area contributed by atoms with Gasteiger partial charge in [-0.2, -0.15) is 0 Å². The average molecular weight is 249 g/mol. The van der Waals surface area contributed by atoms with Crippen molar-refractivity contribution >= 4 is 5.91 Å². The van der Waals surface area contributed by atoms with E-state index in [1.807, 2.05) is 11.9 Å². The van der Waals surface area contributed by atoms with Crippen molar-refractivity contribution in [1.82, 2.24) is 15.2 Å². The molecule has 1 aliphatic heterocycles. The number of hydrogen-bond donors (Lipinski definition) is 1. The molecule has 1 atom stereocenters. The number of carbonyl (C=O) groups is 1. The highest BCUT2D eigenvalue weighted by Crippen LogP contribution is 2.11. The van der Waals surface area contributed by atoms with Crippen molar-refractivity contribution in [1.29, 1.82) is 0 Å². The van der Waals surface area contributed by atoms with Crippen LogP contribution < -0.4 is 5.32 Å². The Hall–Kier alpha value is -1.46. The fraction of sp³-hybridized carbons (Fsp3) is 0.538. The Kier molecular flexibility index (Phi) is 4.66. The molecule has 0 aromatic carbocycles. The van der Waals surface area contributed by atoms with Gasteiger partial charge in [-0.05, 0) is 32.1 Å². The Morgan fingerprint density at radius 3 is 3.28 bits per heavy atom. The minimum Gasteiger partial charge on any atom is -0.374 e. The second-order valence-corrected chi connectivity index (χ2v) is 4.38. The van der Waals surface area contributed by atoms with Crippen molar-refractivity contribution in [2.75, 3.05) is 33.3 Å². The number of nitrogens with one attached hydrogen (secondary N) is 1. The van der Waals surface area contributed by atoms with E-state index in [-0.39, 0.29) is 12.0 Å². The minimum atomic E-state index is 0.0425. The van der Waals surface area contributed by atoms with Gasteiger partial charge in [-0.1, -0.05) is 0 Å². The molecule has 2 rings (SSSR count). The molecule has 1 fully saturated rings. The summed E-state index contributed by atoms with van der Waals surface area (Å²) in [7, 11) is 1.92. The predicted molar refractivity (Wildman–Crippen MR) is 68.4 cm³/mol. The average Bonchev–Trinajstić information content (AvgIpc) is 2.45. The molecule has 1 aromatic heterocycles. The van der Waals surface area contributed by atoms with Gasteiger partial charge in [0.2, 0.25) is 0 Å². The molecule has 1 aliphatic rings. The molecule has 1 unspecified atom stereocenters. The molecule has 1 N–H and O–H groups in total. The van der Waals surface area contributed by atoms with Gasteiger partial charge in [0.25, 0.3) is 5.91 Å². The van der Waals surface area contributed by atoms with Crippen LogP contribution in [0.1, 0.15) is 16.8 Å². The maximum atomic E-state index is 12.2. The van der Waals surface area contributed by atoms with Gasteiger partial charge in [-0.15, -0.1) is 0 Å². The Balaban J connectivity index is 1.94. The van der Waals surface area contributed by atoms with E-state index < -0.39 is 0 Å². The summed E-state index contributed by atoms with van der Waals surface area (Å²) in [5, 5.41) is 3.10. The first-order chi connectivity index (χ1) is 8.81. The van der Waals surface area contributed by atoms with Crippen LogP contribution in [0.2, 0.25) is 0 Å². The summed E-state index contributed by atoms with van der Waals surface area (Å²) in [6.07, 6.45) is 4.34. The molecule has 0 saturated carbocycles. The molecular weight excluding hydrogens is 230 g/mol. The molecule has 0 bridgehead atoms. The van der Waals surface area contributed by atoms with Crippen LogP contribution in [-0.4, -0.2) is 55.2 Å². The second kappa shape index (κ2) is 6.47. The van der Waals surface area contributed by atoms with Gasteiger partial charge in [-0.25, -0.2) is 0 Å². The van der Waals surface area contributed by atoms with Crippen LogP contribution in [0.5, 0.6) is 0 Å². The van der Waals surface area contributed by atoms with Gasteiger partial charge in [0.1, 0.15) is 0 Å². The van der Waals surface area contributed by atoms with Crippen molar-refractivity contribution in [2.24, 2.45) is 0 Å². The molecule has 0 aliphatic carbocycles. The van der Waals surface area contributed by atoms with Gasteiger partial charge in [0.05, 0.1) is 18.3 Å².